The Balaban J connectivity index is 1.57. The molecular weight excluding hydrogens is 336 g/mol. The Morgan fingerprint density at radius 1 is 1.08 bits per heavy atom. The van der Waals surface area contributed by atoms with E-state index >= 15 is 0 Å². The Morgan fingerprint density at radius 2 is 2.00 bits per heavy atom. The van der Waals surface area contributed by atoms with Gasteiger partial charge in [0.05, 0.1) is 0 Å². The van der Waals surface area contributed by atoms with E-state index in [0.717, 1.165) is 22.2 Å². The Morgan fingerprint density at radius 3 is 2.80 bits per heavy atom. The van der Waals surface area contributed by atoms with Crippen molar-refractivity contribution in [2.45, 2.75) is 0 Å². The minimum atomic E-state index is -0.251. The lowest BCUT2D eigenvalue weighted by atomic mass is 10.1. The number of nitrogens with zero attached hydrogens (tertiary/aromatic N) is 2. The van der Waals surface area contributed by atoms with Crippen LogP contribution in [0.2, 0.25) is 5.02 Å². The molecule has 1 amide bonds. The molecule has 0 spiro atoms. The molecule has 0 aliphatic carbocycles. The molecular formula is C19H13ClN4O. The van der Waals surface area contributed by atoms with Crippen molar-refractivity contribution in [3.05, 3.63) is 77.7 Å². The van der Waals surface area contributed by atoms with Crippen molar-refractivity contribution in [2.24, 2.45) is 0 Å². The van der Waals surface area contributed by atoms with Gasteiger partial charge in [0.15, 0.2) is 0 Å². The predicted molar refractivity (Wildman–Crippen MR) is 98.7 cm³/mol. The fraction of sp³-hybridized carbons (Fsp3) is 0. The second-order valence-corrected chi connectivity index (χ2v) is 5.93. The van der Waals surface area contributed by atoms with Crippen molar-refractivity contribution in [1.29, 1.82) is 0 Å². The molecule has 0 unspecified atom stereocenters. The van der Waals surface area contributed by atoms with E-state index < -0.39 is 0 Å². The van der Waals surface area contributed by atoms with Gasteiger partial charge in [-0.25, -0.2) is 9.97 Å². The first kappa shape index (κ1) is 15.4. The maximum absolute atomic E-state index is 12.2. The van der Waals surface area contributed by atoms with E-state index in [1.165, 1.54) is 0 Å². The van der Waals surface area contributed by atoms with Crippen LogP contribution < -0.4 is 5.32 Å². The molecule has 2 N–H and O–H groups in total. The predicted octanol–water partition coefficient (Wildman–Crippen LogP) is 4.53. The Bertz CT molecular complexity index is 1060. The van der Waals surface area contributed by atoms with Crippen LogP contribution in [0.15, 0.2) is 67.1 Å². The molecule has 0 atom stereocenters. The van der Waals surface area contributed by atoms with Gasteiger partial charge >= 0.3 is 0 Å². The highest BCUT2D eigenvalue weighted by atomic mass is 35.5. The molecule has 5 nitrogen and oxygen atoms in total. The first-order valence-corrected chi connectivity index (χ1v) is 8.04. The monoisotopic (exact) mass is 348 g/mol. The molecule has 6 heteroatoms. The summed E-state index contributed by atoms with van der Waals surface area (Å²) in [4.78, 5) is 24.0. The second kappa shape index (κ2) is 6.37. The maximum atomic E-state index is 12.2. The van der Waals surface area contributed by atoms with Crippen LogP contribution in [0, 0.1) is 0 Å². The molecule has 1 aromatic carbocycles. The summed E-state index contributed by atoms with van der Waals surface area (Å²) in [6.45, 7) is 0. The zero-order valence-electron chi connectivity index (χ0n) is 13.0. The van der Waals surface area contributed by atoms with Gasteiger partial charge < -0.3 is 10.3 Å². The lowest BCUT2D eigenvalue weighted by Gasteiger charge is -2.06. The average Bonchev–Trinajstić information content (AvgIpc) is 3.06. The number of H-pyrrole nitrogens is 1. The van der Waals surface area contributed by atoms with Crippen LogP contribution in [0.3, 0.4) is 0 Å². The molecule has 0 radical (unpaired) electrons. The summed E-state index contributed by atoms with van der Waals surface area (Å²) in [7, 11) is 0. The van der Waals surface area contributed by atoms with E-state index in [0.29, 0.717) is 16.4 Å². The number of hydrogen-bond acceptors (Lipinski definition) is 3. The molecule has 4 rings (SSSR count). The van der Waals surface area contributed by atoms with Crippen LogP contribution in [0.1, 0.15) is 10.4 Å². The van der Waals surface area contributed by atoms with Crippen LogP contribution in [-0.2, 0) is 0 Å². The summed E-state index contributed by atoms with van der Waals surface area (Å²) < 4.78 is 0. The van der Waals surface area contributed by atoms with Gasteiger partial charge in [0.1, 0.15) is 11.5 Å². The van der Waals surface area contributed by atoms with Gasteiger partial charge in [0.25, 0.3) is 5.91 Å². The third kappa shape index (κ3) is 3.09. The molecule has 122 valence electrons. The first-order chi connectivity index (χ1) is 12.2. The van der Waals surface area contributed by atoms with E-state index in [1.54, 1.807) is 42.7 Å². The van der Waals surface area contributed by atoms with E-state index in [4.69, 9.17) is 11.6 Å². The number of aromatic amines is 1. The Kier molecular flexibility index (Phi) is 3.91. The van der Waals surface area contributed by atoms with Crippen LogP contribution in [-0.4, -0.2) is 20.9 Å². The summed E-state index contributed by atoms with van der Waals surface area (Å²) in [5, 5.41) is 4.31. The number of hydrogen-bond donors (Lipinski definition) is 2. The van der Waals surface area contributed by atoms with Crippen LogP contribution in [0.5, 0.6) is 0 Å². The topological polar surface area (TPSA) is 70.7 Å². The van der Waals surface area contributed by atoms with Crippen LogP contribution in [0.4, 0.5) is 5.82 Å². The quantitative estimate of drug-likeness (QED) is 0.571. The minimum absolute atomic E-state index is 0.251. The highest BCUT2D eigenvalue weighted by molar-refractivity contribution is 6.31. The molecule has 3 aromatic heterocycles. The van der Waals surface area contributed by atoms with Crippen molar-refractivity contribution in [2.75, 3.05) is 5.32 Å². The highest BCUT2D eigenvalue weighted by Crippen LogP contribution is 2.27. The lowest BCUT2D eigenvalue weighted by Crippen LogP contribution is -2.12. The minimum Gasteiger partial charge on any atom is -0.346 e. The normalized spacial score (nSPS) is 10.8. The van der Waals surface area contributed by atoms with Gasteiger partial charge in [-0.3, -0.25) is 4.79 Å². The third-order valence-electron chi connectivity index (χ3n) is 3.85. The number of nitrogens with one attached hydrogen (secondary N) is 2. The van der Waals surface area contributed by atoms with E-state index in [9.17, 15) is 4.79 Å². The van der Waals surface area contributed by atoms with Crippen molar-refractivity contribution in [3.63, 3.8) is 0 Å². The largest absolute Gasteiger partial charge is 0.346 e. The fourth-order valence-corrected chi connectivity index (χ4v) is 2.83. The zero-order chi connectivity index (χ0) is 17.2. The number of carbonyl (C=O) groups is 1. The van der Waals surface area contributed by atoms with Crippen molar-refractivity contribution >= 4 is 34.4 Å². The standard InChI is InChI=1S/C19H13ClN4O/c20-14-4-1-3-12(9-14)19(25)24-17-7-6-13(10-22-17)16-11-23-18-15(16)5-2-8-21-18/h1-11H,(H,21,23)(H,22,24,25). The third-order valence-corrected chi connectivity index (χ3v) is 4.09. The maximum Gasteiger partial charge on any atom is 0.256 e. The van der Waals surface area contributed by atoms with Gasteiger partial charge in [0.2, 0.25) is 0 Å². The summed E-state index contributed by atoms with van der Waals surface area (Å²) in [5.41, 5.74) is 3.28. The summed E-state index contributed by atoms with van der Waals surface area (Å²) in [5.74, 6) is 0.228. The van der Waals surface area contributed by atoms with Crippen molar-refractivity contribution in [3.8, 4) is 11.1 Å². The Labute approximate surface area is 148 Å². The lowest BCUT2D eigenvalue weighted by molar-refractivity contribution is 0.102. The smallest absolute Gasteiger partial charge is 0.256 e. The van der Waals surface area contributed by atoms with Gasteiger partial charge in [-0.2, -0.15) is 0 Å². The SMILES string of the molecule is O=C(Nc1ccc(-c2c[nH]c3ncccc23)cn1)c1cccc(Cl)c1. The average molecular weight is 349 g/mol. The summed E-state index contributed by atoms with van der Waals surface area (Å²) in [6, 6.07) is 14.4. The van der Waals surface area contributed by atoms with Gasteiger partial charge in [0, 0.05) is 45.7 Å². The molecule has 0 aliphatic rings. The number of pyridine rings is 2. The van der Waals surface area contributed by atoms with Crippen LogP contribution in [0.25, 0.3) is 22.2 Å². The molecule has 4 aromatic rings. The van der Waals surface area contributed by atoms with Crippen molar-refractivity contribution < 1.29 is 4.79 Å². The van der Waals surface area contributed by atoms with Crippen molar-refractivity contribution in [1.82, 2.24) is 15.0 Å². The van der Waals surface area contributed by atoms with Gasteiger partial charge in [-0.15, -0.1) is 0 Å². The van der Waals surface area contributed by atoms with E-state index in [1.807, 2.05) is 24.4 Å². The summed E-state index contributed by atoms with van der Waals surface area (Å²) in [6.07, 6.45) is 5.37. The summed E-state index contributed by atoms with van der Waals surface area (Å²) >= 11 is 5.91. The van der Waals surface area contributed by atoms with E-state index in [-0.39, 0.29) is 5.91 Å². The number of carbonyl (C=O) groups excluding carboxylic acids is 1. The Hall–Kier alpha value is -3.18. The van der Waals surface area contributed by atoms with Gasteiger partial charge in [-0.05, 0) is 42.5 Å². The zero-order valence-corrected chi connectivity index (χ0v) is 13.8. The van der Waals surface area contributed by atoms with Gasteiger partial charge in [-0.1, -0.05) is 17.7 Å². The molecule has 3 heterocycles. The molecule has 0 saturated carbocycles. The molecule has 0 aliphatic heterocycles. The number of aromatic nitrogens is 3. The number of amides is 1. The molecule has 25 heavy (non-hydrogen) atoms. The number of halogens is 1. The van der Waals surface area contributed by atoms with E-state index in [2.05, 4.69) is 20.3 Å². The number of rotatable bonds is 3. The number of benzene rings is 1. The fourth-order valence-electron chi connectivity index (χ4n) is 2.64. The molecule has 0 saturated heterocycles. The first-order valence-electron chi connectivity index (χ1n) is 7.66. The second-order valence-electron chi connectivity index (χ2n) is 5.50. The highest BCUT2D eigenvalue weighted by Gasteiger charge is 2.09. The number of fused-ring (bicyclic) bond motifs is 1. The number of anilines is 1. The molecule has 0 bridgehead atoms. The molecule has 0 fully saturated rings. The van der Waals surface area contributed by atoms with Crippen LogP contribution >= 0.6 is 11.6 Å².